The molecule has 122 valence electrons. The van der Waals surface area contributed by atoms with Crippen molar-refractivity contribution in [1.82, 2.24) is 0 Å². The molecule has 0 aliphatic heterocycles. The van der Waals surface area contributed by atoms with E-state index in [9.17, 15) is 0 Å². The van der Waals surface area contributed by atoms with Gasteiger partial charge in [0.15, 0.2) is 0 Å². The molecule has 0 unspecified atom stereocenters. The van der Waals surface area contributed by atoms with Gasteiger partial charge in [-0.2, -0.15) is 0 Å². The van der Waals surface area contributed by atoms with Crippen LogP contribution in [0.4, 0.5) is 0 Å². The minimum atomic E-state index is 0.770. The maximum absolute atomic E-state index is 2.50. The van der Waals surface area contributed by atoms with Gasteiger partial charge in [0, 0.05) is 0 Å². The summed E-state index contributed by atoms with van der Waals surface area (Å²) in [7, 11) is 0. The van der Waals surface area contributed by atoms with E-state index < -0.39 is 0 Å². The fourth-order valence-electron chi connectivity index (χ4n) is 2.41. The molecule has 0 bridgehead atoms. The van der Waals surface area contributed by atoms with Crippen molar-refractivity contribution >= 4 is 0 Å². The van der Waals surface area contributed by atoms with E-state index in [2.05, 4.69) is 66.7 Å². The van der Waals surface area contributed by atoms with Crippen LogP contribution >= 0.6 is 0 Å². The third kappa shape index (κ3) is 13.9. The highest BCUT2D eigenvalue weighted by molar-refractivity contribution is 5.07. The topological polar surface area (TPSA) is 0 Å². The zero-order valence-electron chi connectivity index (χ0n) is 15.6. The van der Waals surface area contributed by atoms with Crippen molar-refractivity contribution in [2.24, 2.45) is 11.8 Å². The molecule has 0 aromatic rings. The van der Waals surface area contributed by atoms with Crippen molar-refractivity contribution in [1.29, 1.82) is 0 Å². The highest BCUT2D eigenvalue weighted by Gasteiger charge is 2.02. The van der Waals surface area contributed by atoms with Gasteiger partial charge in [0.1, 0.15) is 0 Å². The largest absolute Gasteiger partial charge is 0.0856 e. The minimum absolute atomic E-state index is 0.770. The van der Waals surface area contributed by atoms with Crippen molar-refractivity contribution in [2.75, 3.05) is 0 Å². The molecule has 0 spiro atoms. The van der Waals surface area contributed by atoms with Crippen LogP contribution in [0.25, 0.3) is 0 Å². The number of allylic oxidation sites excluding steroid dienone is 6. The van der Waals surface area contributed by atoms with Gasteiger partial charge in [0.05, 0.1) is 0 Å². The Balaban J connectivity index is 4.27. The Morgan fingerprint density at radius 3 is 1.90 bits per heavy atom. The molecular formula is C21H38. The monoisotopic (exact) mass is 290 g/mol. The van der Waals surface area contributed by atoms with Crippen LogP contribution in [0.2, 0.25) is 0 Å². The van der Waals surface area contributed by atoms with Gasteiger partial charge in [-0.05, 0) is 71.1 Å². The molecule has 0 atom stereocenters. The van der Waals surface area contributed by atoms with E-state index in [1.54, 1.807) is 11.1 Å². The van der Waals surface area contributed by atoms with Crippen molar-refractivity contribution in [3.63, 3.8) is 0 Å². The van der Waals surface area contributed by atoms with Crippen molar-refractivity contribution in [3.05, 3.63) is 34.9 Å². The molecule has 0 aliphatic rings. The molecule has 0 saturated heterocycles. The first kappa shape index (κ1) is 20.2. The molecule has 0 aromatic carbocycles. The van der Waals surface area contributed by atoms with Gasteiger partial charge >= 0.3 is 0 Å². The van der Waals surface area contributed by atoms with Gasteiger partial charge in [-0.1, -0.05) is 62.6 Å². The number of rotatable bonds is 10. The molecule has 0 radical (unpaired) electrons. The van der Waals surface area contributed by atoms with E-state index >= 15 is 0 Å². The van der Waals surface area contributed by atoms with E-state index in [1.807, 2.05) is 0 Å². The predicted molar refractivity (Wildman–Crippen MR) is 98.6 cm³/mol. The Morgan fingerprint density at radius 2 is 1.38 bits per heavy atom. The van der Waals surface area contributed by atoms with Crippen LogP contribution in [-0.2, 0) is 0 Å². The number of hydrogen-bond donors (Lipinski definition) is 0. The van der Waals surface area contributed by atoms with Gasteiger partial charge in [-0.15, -0.1) is 0 Å². The van der Waals surface area contributed by atoms with E-state index in [0.717, 1.165) is 11.8 Å². The molecule has 0 aromatic heterocycles. The second kappa shape index (κ2) is 11.8. The lowest BCUT2D eigenvalue weighted by Crippen LogP contribution is -1.94. The molecule has 0 nitrogen and oxygen atoms in total. The Morgan fingerprint density at radius 1 is 0.762 bits per heavy atom. The lowest BCUT2D eigenvalue weighted by atomic mass is 9.95. The van der Waals surface area contributed by atoms with Crippen LogP contribution in [-0.4, -0.2) is 0 Å². The summed E-state index contributed by atoms with van der Waals surface area (Å²) in [6.07, 6.45) is 14.6. The second-order valence-corrected chi connectivity index (χ2v) is 7.50. The van der Waals surface area contributed by atoms with E-state index in [1.165, 1.54) is 44.1 Å². The van der Waals surface area contributed by atoms with Crippen LogP contribution in [0.1, 0.15) is 87.0 Å². The quantitative estimate of drug-likeness (QED) is 0.366. The maximum atomic E-state index is 2.50. The molecule has 0 amide bonds. The molecule has 0 heteroatoms. The lowest BCUT2D eigenvalue weighted by Gasteiger charge is -2.11. The van der Waals surface area contributed by atoms with E-state index in [0.29, 0.717) is 0 Å². The third-order valence-electron chi connectivity index (χ3n) is 3.60. The summed E-state index contributed by atoms with van der Waals surface area (Å²) in [4.78, 5) is 0. The van der Waals surface area contributed by atoms with E-state index in [-0.39, 0.29) is 0 Å². The third-order valence-corrected chi connectivity index (χ3v) is 3.60. The van der Waals surface area contributed by atoms with Crippen molar-refractivity contribution < 1.29 is 0 Å². The van der Waals surface area contributed by atoms with Gasteiger partial charge in [-0.25, -0.2) is 0 Å². The second-order valence-electron chi connectivity index (χ2n) is 7.50. The summed E-state index contributed by atoms with van der Waals surface area (Å²) in [6, 6.07) is 0. The molecule has 0 aliphatic carbocycles. The lowest BCUT2D eigenvalue weighted by molar-refractivity contribution is 0.609. The van der Waals surface area contributed by atoms with Gasteiger partial charge < -0.3 is 0 Å². The standard InChI is InChI=1S/C21H38/c1-17(2)10-8-11-20(7)12-9-13-21(16-19(5)6)15-14-18(3)4/h10,12,15,18-19H,8-9,11,13-14,16H2,1-7H3/b20-12+,21-15+. The number of hydrogen-bond acceptors (Lipinski definition) is 0. The Kier molecular flexibility index (Phi) is 11.4. The summed E-state index contributed by atoms with van der Waals surface area (Å²) < 4.78 is 0. The van der Waals surface area contributed by atoms with Gasteiger partial charge in [0.2, 0.25) is 0 Å². The molecule has 0 rings (SSSR count). The average Bonchev–Trinajstić information content (AvgIpc) is 2.34. The summed E-state index contributed by atoms with van der Waals surface area (Å²) in [5, 5.41) is 0. The normalized spacial score (nSPS) is 13.2. The van der Waals surface area contributed by atoms with Gasteiger partial charge in [0.25, 0.3) is 0 Å². The summed E-state index contributed by atoms with van der Waals surface area (Å²) in [6.45, 7) is 15.9. The summed E-state index contributed by atoms with van der Waals surface area (Å²) in [5.41, 5.74) is 4.63. The van der Waals surface area contributed by atoms with Crippen LogP contribution < -0.4 is 0 Å². The van der Waals surface area contributed by atoms with E-state index in [4.69, 9.17) is 0 Å². The average molecular weight is 291 g/mol. The first-order chi connectivity index (χ1) is 9.81. The highest BCUT2D eigenvalue weighted by atomic mass is 14.1. The molecule has 0 fully saturated rings. The summed E-state index contributed by atoms with van der Waals surface area (Å²) in [5.74, 6) is 1.54. The zero-order chi connectivity index (χ0) is 16.3. The smallest absolute Gasteiger partial charge is 0.0285 e. The molecule has 21 heavy (non-hydrogen) atoms. The van der Waals surface area contributed by atoms with Crippen molar-refractivity contribution in [3.8, 4) is 0 Å². The summed E-state index contributed by atoms with van der Waals surface area (Å²) >= 11 is 0. The first-order valence-electron chi connectivity index (χ1n) is 8.78. The predicted octanol–water partition coefficient (Wildman–Crippen LogP) is 7.48. The first-order valence-corrected chi connectivity index (χ1v) is 8.78. The van der Waals surface area contributed by atoms with Crippen LogP contribution in [0.3, 0.4) is 0 Å². The van der Waals surface area contributed by atoms with Crippen LogP contribution in [0.5, 0.6) is 0 Å². The van der Waals surface area contributed by atoms with Crippen LogP contribution in [0, 0.1) is 11.8 Å². The maximum Gasteiger partial charge on any atom is -0.0285 e. The molecule has 0 N–H and O–H groups in total. The molecule has 0 heterocycles. The highest BCUT2D eigenvalue weighted by Crippen LogP contribution is 2.19. The van der Waals surface area contributed by atoms with Crippen molar-refractivity contribution in [2.45, 2.75) is 87.0 Å². The van der Waals surface area contributed by atoms with Gasteiger partial charge in [-0.3, -0.25) is 0 Å². The fraction of sp³-hybridized carbons (Fsp3) is 0.714. The zero-order valence-corrected chi connectivity index (χ0v) is 15.6. The Bertz CT molecular complexity index is 346. The molecular weight excluding hydrogens is 252 g/mol. The molecule has 0 saturated carbocycles. The van der Waals surface area contributed by atoms with Crippen LogP contribution in [0.15, 0.2) is 34.9 Å². The fourth-order valence-corrected chi connectivity index (χ4v) is 2.41. The SMILES string of the molecule is CC(C)=CCC/C(C)=C/CC/C(=C\CC(C)C)CC(C)C. The Labute approximate surface area is 134 Å². The minimum Gasteiger partial charge on any atom is -0.0856 e. The Hall–Kier alpha value is -0.780.